The number of aliphatic carboxylic acids is 1. The first kappa shape index (κ1) is 17.1. The fourth-order valence-electron chi connectivity index (χ4n) is 2.74. The second-order valence-electron chi connectivity index (χ2n) is 6.77. The summed E-state index contributed by atoms with van der Waals surface area (Å²) in [6.45, 7) is 6.44. The number of ether oxygens (including phenoxy) is 1. The molecule has 0 aliphatic rings. The monoisotopic (exact) mass is 312 g/mol. The molecular weight excluding hydrogens is 288 g/mol. The van der Waals surface area contributed by atoms with E-state index in [4.69, 9.17) is 4.74 Å². The molecule has 2 aromatic rings. The third-order valence-corrected chi connectivity index (χ3v) is 4.05. The Labute approximate surface area is 137 Å². The highest BCUT2D eigenvalue weighted by Crippen LogP contribution is 2.37. The number of carboxylic acids is 1. The van der Waals surface area contributed by atoms with E-state index in [0.717, 1.165) is 16.9 Å². The molecule has 0 bridgehead atoms. The summed E-state index contributed by atoms with van der Waals surface area (Å²) in [6.07, 6.45) is 0.0357. The second-order valence-corrected chi connectivity index (χ2v) is 6.77. The van der Waals surface area contributed by atoms with Gasteiger partial charge in [0.2, 0.25) is 0 Å². The molecule has 3 nitrogen and oxygen atoms in total. The van der Waals surface area contributed by atoms with Gasteiger partial charge in [0.05, 0.1) is 13.5 Å². The quantitative estimate of drug-likeness (QED) is 0.877. The summed E-state index contributed by atoms with van der Waals surface area (Å²) in [4.78, 5) is 11.4. The topological polar surface area (TPSA) is 46.5 Å². The van der Waals surface area contributed by atoms with E-state index in [1.807, 2.05) is 42.5 Å². The van der Waals surface area contributed by atoms with Crippen molar-refractivity contribution in [2.24, 2.45) is 0 Å². The molecule has 0 radical (unpaired) electrons. The van der Waals surface area contributed by atoms with E-state index in [-0.39, 0.29) is 17.8 Å². The predicted octanol–water partition coefficient (Wildman–Crippen LogP) is 4.60. The lowest BCUT2D eigenvalue weighted by atomic mass is 9.81. The van der Waals surface area contributed by atoms with E-state index in [0.29, 0.717) is 0 Å². The van der Waals surface area contributed by atoms with Gasteiger partial charge in [-0.1, -0.05) is 63.2 Å². The first-order valence-corrected chi connectivity index (χ1v) is 7.78. The smallest absolute Gasteiger partial charge is 0.304 e. The van der Waals surface area contributed by atoms with Gasteiger partial charge in [-0.05, 0) is 22.6 Å². The molecular formula is C20H24O3. The van der Waals surface area contributed by atoms with Crippen molar-refractivity contribution in [2.45, 2.75) is 38.5 Å². The van der Waals surface area contributed by atoms with E-state index in [2.05, 4.69) is 26.8 Å². The molecule has 1 N–H and O–H groups in total. The molecule has 1 atom stereocenters. The molecule has 3 heteroatoms. The number of methoxy groups -OCH3 is 1. The maximum absolute atomic E-state index is 11.4. The number of rotatable bonds is 5. The standard InChI is InChI=1S/C20H24O3/c1-20(2,3)15-10-11-18(23-4)17(12-15)16(13-19(21)22)14-8-6-5-7-9-14/h5-12,16H,13H2,1-4H3,(H,21,22)/t16-/m0/s1. The summed E-state index contributed by atoms with van der Waals surface area (Å²) in [5.74, 6) is -0.318. The van der Waals surface area contributed by atoms with Gasteiger partial charge in [0.25, 0.3) is 0 Å². The van der Waals surface area contributed by atoms with Crippen LogP contribution in [0.5, 0.6) is 5.75 Å². The molecule has 2 aromatic carbocycles. The van der Waals surface area contributed by atoms with Crippen LogP contribution >= 0.6 is 0 Å². The molecule has 0 unspecified atom stereocenters. The summed E-state index contributed by atoms with van der Waals surface area (Å²) in [5.41, 5.74) is 3.07. The van der Waals surface area contributed by atoms with Crippen LogP contribution in [0.4, 0.5) is 0 Å². The first-order chi connectivity index (χ1) is 10.8. The third kappa shape index (κ3) is 4.13. The number of hydrogen-bond donors (Lipinski definition) is 1. The van der Waals surface area contributed by atoms with Gasteiger partial charge in [0.1, 0.15) is 5.75 Å². The van der Waals surface area contributed by atoms with Crippen LogP contribution in [0.25, 0.3) is 0 Å². The number of benzene rings is 2. The van der Waals surface area contributed by atoms with Crippen molar-refractivity contribution >= 4 is 5.97 Å². The normalized spacial score (nSPS) is 12.7. The molecule has 2 rings (SSSR count). The Kier molecular flexibility index (Phi) is 5.09. The molecule has 0 aliphatic heterocycles. The highest BCUT2D eigenvalue weighted by Gasteiger charge is 2.24. The van der Waals surface area contributed by atoms with Gasteiger partial charge in [0, 0.05) is 11.5 Å². The fraction of sp³-hybridized carbons (Fsp3) is 0.350. The highest BCUT2D eigenvalue weighted by molar-refractivity contribution is 5.69. The van der Waals surface area contributed by atoms with Gasteiger partial charge in [0.15, 0.2) is 0 Å². The van der Waals surface area contributed by atoms with Crippen molar-refractivity contribution in [3.63, 3.8) is 0 Å². The van der Waals surface area contributed by atoms with Crippen LogP contribution in [0.1, 0.15) is 49.8 Å². The average Bonchev–Trinajstić information content (AvgIpc) is 2.52. The Morgan fingerprint density at radius 3 is 2.30 bits per heavy atom. The molecule has 0 aromatic heterocycles. The predicted molar refractivity (Wildman–Crippen MR) is 92.2 cm³/mol. The number of carboxylic acid groups (broad SMARTS) is 1. The third-order valence-electron chi connectivity index (χ3n) is 4.05. The molecule has 122 valence electrons. The number of carbonyl (C=O) groups is 1. The molecule has 23 heavy (non-hydrogen) atoms. The van der Waals surface area contributed by atoms with Gasteiger partial charge >= 0.3 is 5.97 Å². The van der Waals surface area contributed by atoms with E-state index >= 15 is 0 Å². The lowest BCUT2D eigenvalue weighted by molar-refractivity contribution is -0.137. The van der Waals surface area contributed by atoms with Crippen LogP contribution < -0.4 is 4.74 Å². The largest absolute Gasteiger partial charge is 0.496 e. The summed E-state index contributed by atoms with van der Waals surface area (Å²) in [5, 5.41) is 9.36. The maximum atomic E-state index is 11.4. The average molecular weight is 312 g/mol. The van der Waals surface area contributed by atoms with Crippen molar-refractivity contribution < 1.29 is 14.6 Å². The maximum Gasteiger partial charge on any atom is 0.304 e. The fourth-order valence-corrected chi connectivity index (χ4v) is 2.74. The van der Waals surface area contributed by atoms with Crippen LogP contribution in [0.3, 0.4) is 0 Å². The van der Waals surface area contributed by atoms with E-state index in [1.54, 1.807) is 7.11 Å². The van der Waals surface area contributed by atoms with Gasteiger partial charge in [-0.25, -0.2) is 0 Å². The lowest BCUT2D eigenvalue weighted by Crippen LogP contribution is -2.14. The molecule has 0 saturated heterocycles. The molecule has 0 amide bonds. The Bertz CT molecular complexity index is 669. The van der Waals surface area contributed by atoms with Gasteiger partial charge < -0.3 is 9.84 Å². The lowest BCUT2D eigenvalue weighted by Gasteiger charge is -2.24. The summed E-state index contributed by atoms with van der Waals surface area (Å²) >= 11 is 0. The van der Waals surface area contributed by atoms with Crippen LogP contribution in [-0.4, -0.2) is 18.2 Å². The summed E-state index contributed by atoms with van der Waals surface area (Å²) in [7, 11) is 1.62. The van der Waals surface area contributed by atoms with Crippen molar-refractivity contribution in [1.29, 1.82) is 0 Å². The van der Waals surface area contributed by atoms with Crippen LogP contribution in [-0.2, 0) is 10.2 Å². The van der Waals surface area contributed by atoms with Crippen LogP contribution in [0.15, 0.2) is 48.5 Å². The van der Waals surface area contributed by atoms with Gasteiger partial charge in [-0.3, -0.25) is 4.79 Å². The Morgan fingerprint density at radius 2 is 1.78 bits per heavy atom. The van der Waals surface area contributed by atoms with Gasteiger partial charge in [-0.2, -0.15) is 0 Å². The molecule has 0 saturated carbocycles. The summed E-state index contributed by atoms with van der Waals surface area (Å²) < 4.78 is 5.50. The van der Waals surface area contributed by atoms with Gasteiger partial charge in [-0.15, -0.1) is 0 Å². The van der Waals surface area contributed by atoms with E-state index in [9.17, 15) is 9.90 Å². The molecule has 0 fully saturated rings. The minimum absolute atomic E-state index is 0.00845. The molecule has 0 aliphatic carbocycles. The zero-order chi connectivity index (χ0) is 17.0. The molecule has 0 spiro atoms. The van der Waals surface area contributed by atoms with Crippen LogP contribution in [0.2, 0.25) is 0 Å². The highest BCUT2D eigenvalue weighted by atomic mass is 16.5. The Morgan fingerprint density at radius 1 is 1.13 bits per heavy atom. The number of hydrogen-bond acceptors (Lipinski definition) is 2. The van der Waals surface area contributed by atoms with E-state index in [1.165, 1.54) is 5.56 Å². The Hall–Kier alpha value is -2.29. The zero-order valence-corrected chi connectivity index (χ0v) is 14.2. The first-order valence-electron chi connectivity index (χ1n) is 7.78. The van der Waals surface area contributed by atoms with Crippen molar-refractivity contribution in [3.8, 4) is 5.75 Å². The minimum Gasteiger partial charge on any atom is -0.496 e. The Balaban J connectivity index is 2.59. The van der Waals surface area contributed by atoms with Crippen molar-refractivity contribution in [1.82, 2.24) is 0 Å². The zero-order valence-electron chi connectivity index (χ0n) is 14.2. The SMILES string of the molecule is COc1ccc(C(C)(C)C)cc1[C@@H](CC(=O)O)c1ccccc1. The molecule has 0 heterocycles. The second kappa shape index (κ2) is 6.86. The van der Waals surface area contributed by atoms with E-state index < -0.39 is 5.97 Å². The van der Waals surface area contributed by atoms with Crippen LogP contribution in [0, 0.1) is 0 Å². The van der Waals surface area contributed by atoms with Crippen molar-refractivity contribution in [2.75, 3.05) is 7.11 Å². The summed E-state index contributed by atoms with van der Waals surface area (Å²) in [6, 6.07) is 15.8. The van der Waals surface area contributed by atoms with Crippen molar-refractivity contribution in [3.05, 3.63) is 65.2 Å². The minimum atomic E-state index is -0.818.